The molecule has 0 fully saturated rings. The zero-order chi connectivity index (χ0) is 10.1. The van der Waals surface area contributed by atoms with Crippen LogP contribution in [-0.4, -0.2) is 5.24 Å². The zero-order valence-corrected chi connectivity index (χ0v) is 8.50. The fourth-order valence-electron chi connectivity index (χ4n) is 0.902. The minimum absolute atomic E-state index is 0.0309. The van der Waals surface area contributed by atoms with Gasteiger partial charge in [-0.15, -0.1) is 0 Å². The van der Waals surface area contributed by atoms with E-state index < -0.39 is 9.83 Å². The van der Waals surface area contributed by atoms with Crippen molar-refractivity contribution in [1.29, 1.82) is 0 Å². The van der Waals surface area contributed by atoms with Gasteiger partial charge in [0.15, 0.2) is 0 Å². The Kier molecular flexibility index (Phi) is 3.17. The molecule has 0 heterocycles. The lowest BCUT2D eigenvalue weighted by atomic mass is 10.1. The van der Waals surface area contributed by atoms with Gasteiger partial charge in [0.1, 0.15) is 0 Å². The molecule has 70 valence electrons. The van der Waals surface area contributed by atoms with Gasteiger partial charge in [-0.25, -0.2) is 4.39 Å². The molecule has 0 atom stereocenters. The van der Waals surface area contributed by atoms with E-state index in [1.165, 1.54) is 18.2 Å². The quantitative estimate of drug-likeness (QED) is 0.571. The SMILES string of the molecule is O=C(Cl)c1ccccc1C(F)(Cl)Cl. The lowest BCUT2D eigenvalue weighted by Crippen LogP contribution is -2.07. The first kappa shape index (κ1) is 10.8. The lowest BCUT2D eigenvalue weighted by Gasteiger charge is -2.11. The smallest absolute Gasteiger partial charge is 0.276 e. The van der Waals surface area contributed by atoms with E-state index in [0.717, 1.165) is 0 Å². The molecule has 0 aliphatic rings. The largest absolute Gasteiger partial charge is 0.284 e. The van der Waals surface area contributed by atoms with Gasteiger partial charge in [0.2, 0.25) is 0 Å². The van der Waals surface area contributed by atoms with E-state index in [0.29, 0.717) is 0 Å². The van der Waals surface area contributed by atoms with Crippen LogP contribution in [0.4, 0.5) is 4.39 Å². The molecule has 0 N–H and O–H groups in total. The predicted molar refractivity (Wildman–Crippen MR) is 51.1 cm³/mol. The molecule has 0 unspecified atom stereocenters. The van der Waals surface area contributed by atoms with Crippen LogP contribution < -0.4 is 0 Å². The molecule has 0 aliphatic heterocycles. The van der Waals surface area contributed by atoms with Crippen molar-refractivity contribution in [2.24, 2.45) is 0 Å². The van der Waals surface area contributed by atoms with Crippen molar-refractivity contribution in [3.8, 4) is 0 Å². The predicted octanol–water partition coefficient (Wildman–Crippen LogP) is 3.62. The first-order chi connectivity index (χ1) is 5.93. The third kappa shape index (κ3) is 2.56. The van der Waals surface area contributed by atoms with Gasteiger partial charge >= 0.3 is 0 Å². The molecule has 0 aliphatic carbocycles. The summed E-state index contributed by atoms with van der Waals surface area (Å²) in [7, 11) is 0. The molecule has 0 spiro atoms. The van der Waals surface area contributed by atoms with Gasteiger partial charge in [-0.2, -0.15) is 0 Å². The number of hydrogen-bond donors (Lipinski definition) is 0. The Morgan fingerprint density at radius 3 is 2.23 bits per heavy atom. The third-order valence-electron chi connectivity index (χ3n) is 1.44. The standard InChI is InChI=1S/C8H4Cl3FO/c9-7(13)5-3-1-2-4-6(5)8(10,11)12/h1-4H. The highest BCUT2D eigenvalue weighted by Crippen LogP contribution is 2.37. The number of rotatable bonds is 2. The second-order valence-corrected chi connectivity index (χ2v) is 3.90. The summed E-state index contributed by atoms with van der Waals surface area (Å²) in [6.07, 6.45) is 0. The van der Waals surface area contributed by atoms with Gasteiger partial charge in [0.25, 0.3) is 9.83 Å². The summed E-state index contributed by atoms with van der Waals surface area (Å²) in [6.45, 7) is 0. The van der Waals surface area contributed by atoms with Crippen molar-refractivity contribution < 1.29 is 9.18 Å². The first-order valence-corrected chi connectivity index (χ1v) is 4.42. The lowest BCUT2D eigenvalue weighted by molar-refractivity contribution is 0.107. The topological polar surface area (TPSA) is 17.1 Å². The number of carbonyl (C=O) groups is 1. The highest BCUT2D eigenvalue weighted by molar-refractivity contribution is 6.68. The van der Waals surface area contributed by atoms with Crippen LogP contribution in [0.3, 0.4) is 0 Å². The van der Waals surface area contributed by atoms with Crippen LogP contribution in [0, 0.1) is 0 Å². The summed E-state index contributed by atoms with van der Waals surface area (Å²) in [4.78, 5) is 10.8. The average Bonchev–Trinajstić information content (AvgIpc) is 2.03. The second-order valence-electron chi connectivity index (χ2n) is 2.32. The molecule has 13 heavy (non-hydrogen) atoms. The Morgan fingerprint density at radius 1 is 1.31 bits per heavy atom. The maximum Gasteiger partial charge on any atom is 0.284 e. The third-order valence-corrected chi connectivity index (χ3v) is 2.06. The monoisotopic (exact) mass is 240 g/mol. The van der Waals surface area contributed by atoms with Gasteiger partial charge in [-0.3, -0.25) is 4.79 Å². The van der Waals surface area contributed by atoms with Crippen LogP contribution in [0.1, 0.15) is 15.9 Å². The van der Waals surface area contributed by atoms with E-state index in [1.807, 2.05) is 0 Å². The Hall–Kier alpha value is -0.310. The highest BCUT2D eigenvalue weighted by Gasteiger charge is 2.29. The summed E-state index contributed by atoms with van der Waals surface area (Å²) >= 11 is 15.6. The Bertz CT molecular complexity index is 332. The summed E-state index contributed by atoms with van der Waals surface area (Å²) in [6, 6.07) is 5.70. The van der Waals surface area contributed by atoms with Crippen LogP contribution >= 0.6 is 34.8 Å². The normalized spacial score (nSPS) is 11.4. The van der Waals surface area contributed by atoms with Crippen LogP contribution in [0.25, 0.3) is 0 Å². The van der Waals surface area contributed by atoms with Crippen molar-refractivity contribution >= 4 is 40.0 Å². The fourth-order valence-corrected chi connectivity index (χ4v) is 1.40. The van der Waals surface area contributed by atoms with E-state index >= 15 is 0 Å². The number of halogens is 4. The van der Waals surface area contributed by atoms with Gasteiger partial charge in [-0.05, 0) is 17.7 Å². The molecule has 0 bridgehead atoms. The molecule has 1 aromatic rings. The van der Waals surface area contributed by atoms with Crippen molar-refractivity contribution in [2.45, 2.75) is 4.59 Å². The molecule has 0 aromatic heterocycles. The summed E-state index contributed by atoms with van der Waals surface area (Å²) < 4.78 is 10.5. The Labute approximate surface area is 89.4 Å². The van der Waals surface area contributed by atoms with Crippen molar-refractivity contribution in [3.05, 3.63) is 35.4 Å². The van der Waals surface area contributed by atoms with Crippen LogP contribution in [-0.2, 0) is 4.59 Å². The molecule has 1 aromatic carbocycles. The number of hydrogen-bond acceptors (Lipinski definition) is 1. The maximum atomic E-state index is 13.1. The average molecular weight is 241 g/mol. The molecule has 1 rings (SSSR count). The van der Waals surface area contributed by atoms with E-state index in [1.54, 1.807) is 6.07 Å². The van der Waals surface area contributed by atoms with E-state index in [9.17, 15) is 9.18 Å². The number of carbonyl (C=O) groups excluding carboxylic acids is 1. The molecular weight excluding hydrogens is 237 g/mol. The number of alkyl halides is 3. The van der Waals surface area contributed by atoms with Crippen molar-refractivity contribution in [3.63, 3.8) is 0 Å². The second kappa shape index (κ2) is 3.82. The van der Waals surface area contributed by atoms with Gasteiger partial charge in [-0.1, -0.05) is 41.4 Å². The van der Waals surface area contributed by atoms with Crippen LogP contribution in [0.5, 0.6) is 0 Å². The van der Waals surface area contributed by atoms with E-state index in [2.05, 4.69) is 0 Å². The summed E-state index contributed by atoms with van der Waals surface area (Å²) in [5, 5.41) is -0.793. The van der Waals surface area contributed by atoms with Gasteiger partial charge < -0.3 is 0 Å². The summed E-state index contributed by atoms with van der Waals surface area (Å²) in [5.41, 5.74) is -0.171. The van der Waals surface area contributed by atoms with Crippen molar-refractivity contribution in [1.82, 2.24) is 0 Å². The molecule has 0 amide bonds. The Morgan fingerprint density at radius 2 is 1.85 bits per heavy atom. The highest BCUT2D eigenvalue weighted by atomic mass is 35.5. The van der Waals surface area contributed by atoms with Gasteiger partial charge in [0, 0.05) is 11.1 Å². The van der Waals surface area contributed by atoms with Gasteiger partial charge in [0.05, 0.1) is 0 Å². The number of benzene rings is 1. The van der Waals surface area contributed by atoms with E-state index in [4.69, 9.17) is 34.8 Å². The molecule has 0 radical (unpaired) electrons. The summed E-state index contributed by atoms with van der Waals surface area (Å²) in [5.74, 6) is 0. The van der Waals surface area contributed by atoms with Crippen LogP contribution in [0.2, 0.25) is 0 Å². The minimum Gasteiger partial charge on any atom is -0.276 e. The molecule has 0 saturated carbocycles. The molecule has 0 saturated heterocycles. The minimum atomic E-state index is -2.60. The van der Waals surface area contributed by atoms with E-state index in [-0.39, 0.29) is 11.1 Å². The molecule has 1 nitrogen and oxygen atoms in total. The fraction of sp³-hybridized carbons (Fsp3) is 0.125. The van der Waals surface area contributed by atoms with Crippen LogP contribution in [0.15, 0.2) is 24.3 Å². The molecular formula is C8H4Cl3FO. The molecule has 5 heteroatoms. The first-order valence-electron chi connectivity index (χ1n) is 3.29. The van der Waals surface area contributed by atoms with Crippen molar-refractivity contribution in [2.75, 3.05) is 0 Å². The zero-order valence-electron chi connectivity index (χ0n) is 6.23. The maximum absolute atomic E-state index is 13.1. The Balaban J connectivity index is 3.28.